The molecule has 0 amide bonds. The molecular weight excluding hydrogens is 356 g/mol. The molecule has 1 N–H and O–H groups in total. The lowest BCUT2D eigenvalue weighted by molar-refractivity contribution is -0.139. The number of rotatable bonds is 5. The van der Waals surface area contributed by atoms with Gasteiger partial charge in [-0.3, -0.25) is 4.98 Å². The van der Waals surface area contributed by atoms with Crippen LogP contribution in [0.1, 0.15) is 39.2 Å². The van der Waals surface area contributed by atoms with Gasteiger partial charge < -0.3 is 14.8 Å². The number of dihydropyridines is 1. The Morgan fingerprint density at radius 2 is 1.54 bits per heavy atom. The zero-order valence-corrected chi connectivity index (χ0v) is 16.5. The molecule has 1 aliphatic heterocycles. The maximum Gasteiger partial charge on any atom is 0.336 e. The Balaban J connectivity index is 2.28. The van der Waals surface area contributed by atoms with E-state index in [0.717, 1.165) is 16.5 Å². The second kappa shape index (κ2) is 8.25. The van der Waals surface area contributed by atoms with Crippen molar-refractivity contribution in [2.45, 2.75) is 33.6 Å². The third-order valence-corrected chi connectivity index (χ3v) is 4.74. The average molecular weight is 380 g/mol. The number of fused-ring (bicyclic) bond motifs is 1. The fourth-order valence-electron chi connectivity index (χ4n) is 3.63. The quantitative estimate of drug-likeness (QED) is 0.799. The Bertz CT molecular complexity index is 946. The number of nitrogens with zero attached hydrogens (tertiary/aromatic N) is 1. The van der Waals surface area contributed by atoms with E-state index in [1.165, 1.54) is 0 Å². The van der Waals surface area contributed by atoms with E-state index in [9.17, 15) is 9.59 Å². The highest BCUT2D eigenvalue weighted by Gasteiger charge is 2.38. The molecule has 0 saturated carbocycles. The number of carbonyl (C=O) groups is 2. The summed E-state index contributed by atoms with van der Waals surface area (Å²) in [6, 6.07) is 9.51. The van der Waals surface area contributed by atoms with Crippen molar-refractivity contribution in [3.63, 3.8) is 0 Å². The number of allylic oxidation sites excluding steroid dienone is 2. The van der Waals surface area contributed by atoms with Crippen LogP contribution in [-0.2, 0) is 19.1 Å². The monoisotopic (exact) mass is 380 g/mol. The highest BCUT2D eigenvalue weighted by atomic mass is 16.5. The smallest absolute Gasteiger partial charge is 0.336 e. The number of benzene rings is 1. The predicted octanol–water partition coefficient (Wildman–Crippen LogP) is 3.60. The van der Waals surface area contributed by atoms with Crippen LogP contribution in [0.3, 0.4) is 0 Å². The Labute approximate surface area is 164 Å². The van der Waals surface area contributed by atoms with E-state index >= 15 is 0 Å². The van der Waals surface area contributed by atoms with Gasteiger partial charge in [-0.25, -0.2) is 9.59 Å². The molecule has 0 aliphatic carbocycles. The van der Waals surface area contributed by atoms with E-state index in [1.54, 1.807) is 20.0 Å². The summed E-state index contributed by atoms with van der Waals surface area (Å²) in [6.07, 6.45) is 1.69. The zero-order valence-electron chi connectivity index (χ0n) is 16.5. The second-order valence-electron chi connectivity index (χ2n) is 6.49. The molecule has 6 nitrogen and oxygen atoms in total. The maximum absolute atomic E-state index is 12.9. The van der Waals surface area contributed by atoms with E-state index in [1.807, 2.05) is 44.2 Å². The number of carbonyl (C=O) groups excluding carboxylic acids is 2. The second-order valence-corrected chi connectivity index (χ2v) is 6.49. The fraction of sp³-hybridized carbons (Fsp3) is 0.318. The lowest BCUT2D eigenvalue weighted by Gasteiger charge is -2.31. The van der Waals surface area contributed by atoms with Gasteiger partial charge in [0.05, 0.1) is 35.8 Å². The van der Waals surface area contributed by atoms with E-state index < -0.39 is 17.9 Å². The lowest BCUT2D eigenvalue weighted by Crippen LogP contribution is -2.32. The number of hydrogen-bond donors (Lipinski definition) is 1. The average Bonchev–Trinajstić information content (AvgIpc) is 2.67. The van der Waals surface area contributed by atoms with Gasteiger partial charge in [0.25, 0.3) is 0 Å². The molecule has 0 fully saturated rings. The van der Waals surface area contributed by atoms with Crippen molar-refractivity contribution >= 4 is 22.8 Å². The first-order valence-electron chi connectivity index (χ1n) is 9.36. The fourth-order valence-corrected chi connectivity index (χ4v) is 3.63. The number of para-hydroxylation sites is 1. The van der Waals surface area contributed by atoms with Crippen LogP contribution in [0, 0.1) is 0 Å². The molecule has 3 rings (SSSR count). The van der Waals surface area contributed by atoms with Crippen LogP contribution in [0.4, 0.5) is 0 Å². The Morgan fingerprint density at radius 3 is 2.11 bits per heavy atom. The van der Waals surface area contributed by atoms with Gasteiger partial charge >= 0.3 is 11.9 Å². The topological polar surface area (TPSA) is 77.5 Å². The number of hydrogen-bond acceptors (Lipinski definition) is 6. The van der Waals surface area contributed by atoms with E-state index in [2.05, 4.69) is 10.3 Å². The summed E-state index contributed by atoms with van der Waals surface area (Å²) in [5.41, 5.74) is 3.75. The number of esters is 2. The first-order valence-corrected chi connectivity index (χ1v) is 9.36. The highest BCUT2D eigenvalue weighted by molar-refractivity contribution is 6.01. The summed E-state index contributed by atoms with van der Waals surface area (Å²) >= 11 is 0. The van der Waals surface area contributed by atoms with Crippen molar-refractivity contribution in [1.29, 1.82) is 0 Å². The molecular formula is C22H24N2O4. The molecule has 0 atom stereocenters. The van der Waals surface area contributed by atoms with Gasteiger partial charge in [0.2, 0.25) is 0 Å². The lowest BCUT2D eigenvalue weighted by atomic mass is 9.79. The SMILES string of the molecule is CCOC(=O)C1=C(C)NC(C)=C(C(=O)OCC)C1c1ccnc2ccccc12. The molecule has 1 aromatic heterocycles. The van der Waals surface area contributed by atoms with E-state index in [0.29, 0.717) is 22.5 Å². The van der Waals surface area contributed by atoms with Crippen molar-refractivity contribution in [3.8, 4) is 0 Å². The molecule has 0 spiro atoms. The van der Waals surface area contributed by atoms with Crippen LogP contribution in [-0.4, -0.2) is 30.1 Å². The zero-order chi connectivity index (χ0) is 20.3. The van der Waals surface area contributed by atoms with Gasteiger partial charge in [-0.05, 0) is 45.4 Å². The molecule has 6 heteroatoms. The van der Waals surface area contributed by atoms with Crippen LogP contribution < -0.4 is 5.32 Å². The molecule has 146 valence electrons. The van der Waals surface area contributed by atoms with Gasteiger partial charge in [0.1, 0.15) is 0 Å². The van der Waals surface area contributed by atoms with Crippen LogP contribution in [0.25, 0.3) is 10.9 Å². The van der Waals surface area contributed by atoms with E-state index in [-0.39, 0.29) is 13.2 Å². The van der Waals surface area contributed by atoms with Crippen molar-refractivity contribution < 1.29 is 19.1 Å². The molecule has 0 bridgehead atoms. The van der Waals surface area contributed by atoms with Crippen LogP contribution in [0.5, 0.6) is 0 Å². The Kier molecular flexibility index (Phi) is 5.78. The summed E-state index contributed by atoms with van der Waals surface area (Å²) in [7, 11) is 0. The molecule has 1 aromatic carbocycles. The van der Waals surface area contributed by atoms with Gasteiger partial charge in [0, 0.05) is 23.0 Å². The minimum atomic E-state index is -0.604. The Hall–Kier alpha value is -3.15. The van der Waals surface area contributed by atoms with Crippen LogP contribution in [0.15, 0.2) is 59.1 Å². The summed E-state index contributed by atoms with van der Waals surface area (Å²) < 4.78 is 10.6. The minimum absolute atomic E-state index is 0.247. The molecule has 0 saturated heterocycles. The van der Waals surface area contributed by atoms with Crippen molar-refractivity contribution in [2.75, 3.05) is 13.2 Å². The third kappa shape index (κ3) is 3.50. The summed E-state index contributed by atoms with van der Waals surface area (Å²) in [5.74, 6) is -1.51. The first kappa shape index (κ1) is 19.6. The first-order chi connectivity index (χ1) is 13.5. The number of aromatic nitrogens is 1. The minimum Gasteiger partial charge on any atom is -0.463 e. The third-order valence-electron chi connectivity index (χ3n) is 4.74. The summed E-state index contributed by atoms with van der Waals surface area (Å²) in [5, 5.41) is 4.02. The molecule has 0 unspecified atom stereocenters. The van der Waals surface area contributed by atoms with Crippen molar-refractivity contribution in [1.82, 2.24) is 10.3 Å². The van der Waals surface area contributed by atoms with Crippen molar-refractivity contribution in [3.05, 3.63) is 64.6 Å². The molecule has 2 aromatic rings. The Morgan fingerprint density at radius 1 is 0.964 bits per heavy atom. The number of nitrogens with one attached hydrogen (secondary N) is 1. The van der Waals surface area contributed by atoms with Gasteiger partial charge in [0.15, 0.2) is 0 Å². The van der Waals surface area contributed by atoms with Crippen molar-refractivity contribution in [2.24, 2.45) is 0 Å². The summed E-state index contributed by atoms with van der Waals surface area (Å²) in [6.45, 7) is 7.64. The number of ether oxygens (including phenoxy) is 2. The number of pyridine rings is 1. The van der Waals surface area contributed by atoms with Crippen LogP contribution in [0.2, 0.25) is 0 Å². The van der Waals surface area contributed by atoms with Gasteiger partial charge in [-0.2, -0.15) is 0 Å². The van der Waals surface area contributed by atoms with Gasteiger partial charge in [-0.1, -0.05) is 18.2 Å². The maximum atomic E-state index is 12.9. The summed E-state index contributed by atoms with van der Waals surface area (Å²) in [4.78, 5) is 30.1. The normalized spacial score (nSPS) is 14.9. The standard InChI is InChI=1S/C22H24N2O4/c1-5-27-21(25)18-13(3)24-14(4)19(22(26)28-6-2)20(18)16-11-12-23-17-10-8-7-9-15(16)17/h7-12,20,24H,5-6H2,1-4H3. The molecule has 0 radical (unpaired) electrons. The van der Waals surface area contributed by atoms with Crippen LogP contribution >= 0.6 is 0 Å². The van der Waals surface area contributed by atoms with Gasteiger partial charge in [-0.15, -0.1) is 0 Å². The predicted molar refractivity (Wildman–Crippen MR) is 106 cm³/mol. The molecule has 28 heavy (non-hydrogen) atoms. The highest BCUT2D eigenvalue weighted by Crippen LogP contribution is 2.41. The molecule has 2 heterocycles. The van der Waals surface area contributed by atoms with E-state index in [4.69, 9.17) is 9.47 Å². The largest absolute Gasteiger partial charge is 0.463 e. The molecule has 1 aliphatic rings.